The summed E-state index contributed by atoms with van der Waals surface area (Å²) in [5.41, 5.74) is 7.51. The summed E-state index contributed by atoms with van der Waals surface area (Å²) in [7, 11) is 0. The van der Waals surface area contributed by atoms with Crippen LogP contribution >= 0.6 is 0 Å². The van der Waals surface area contributed by atoms with Crippen molar-refractivity contribution in [3.05, 3.63) is 47.3 Å². The van der Waals surface area contributed by atoms with E-state index in [1.165, 1.54) is 6.20 Å². The Morgan fingerprint density at radius 2 is 2.39 bits per heavy atom. The molecule has 0 aliphatic heterocycles. The standard InChI is InChI=1S/C12H11N5O/c13-5-8-2-1-3-9(4-8)6-15-12(18)11-10(14)7-16-17-11/h1-4,7H,6,14H2,(H,15,18)(H,16,17). The first-order chi connectivity index (χ1) is 8.70. The molecule has 1 aromatic heterocycles. The average Bonchev–Trinajstić information content (AvgIpc) is 2.82. The predicted octanol–water partition coefficient (Wildman–Crippen LogP) is 0.794. The molecule has 0 saturated carbocycles. The zero-order valence-corrected chi connectivity index (χ0v) is 9.47. The van der Waals surface area contributed by atoms with E-state index in [0.29, 0.717) is 17.8 Å². The second-order valence-electron chi connectivity index (χ2n) is 3.70. The van der Waals surface area contributed by atoms with Crippen molar-refractivity contribution in [3.8, 4) is 6.07 Å². The Labute approximate surface area is 103 Å². The molecule has 18 heavy (non-hydrogen) atoms. The number of aromatic nitrogens is 2. The summed E-state index contributed by atoms with van der Waals surface area (Å²) in [5, 5.41) is 17.6. The Morgan fingerprint density at radius 1 is 1.56 bits per heavy atom. The van der Waals surface area contributed by atoms with Crippen molar-refractivity contribution < 1.29 is 4.79 Å². The van der Waals surface area contributed by atoms with Crippen LogP contribution in [0.25, 0.3) is 0 Å². The predicted molar refractivity (Wildman–Crippen MR) is 65.3 cm³/mol. The van der Waals surface area contributed by atoms with Gasteiger partial charge in [0.2, 0.25) is 0 Å². The van der Waals surface area contributed by atoms with E-state index in [4.69, 9.17) is 11.0 Å². The van der Waals surface area contributed by atoms with Gasteiger partial charge in [-0.1, -0.05) is 12.1 Å². The average molecular weight is 241 g/mol. The summed E-state index contributed by atoms with van der Waals surface area (Å²) in [4.78, 5) is 11.7. The van der Waals surface area contributed by atoms with Gasteiger partial charge in [-0.2, -0.15) is 10.4 Å². The highest BCUT2D eigenvalue weighted by Gasteiger charge is 2.10. The maximum absolute atomic E-state index is 11.7. The van der Waals surface area contributed by atoms with Crippen LogP contribution in [0, 0.1) is 11.3 Å². The Hall–Kier alpha value is -2.81. The molecule has 2 aromatic rings. The summed E-state index contributed by atoms with van der Waals surface area (Å²) >= 11 is 0. The molecule has 6 nitrogen and oxygen atoms in total. The van der Waals surface area contributed by atoms with Crippen LogP contribution in [-0.2, 0) is 6.54 Å². The molecule has 1 aromatic carbocycles. The van der Waals surface area contributed by atoms with Gasteiger partial charge in [-0.3, -0.25) is 9.89 Å². The van der Waals surface area contributed by atoms with Gasteiger partial charge in [0, 0.05) is 6.54 Å². The molecular formula is C12H11N5O. The molecule has 0 spiro atoms. The van der Waals surface area contributed by atoms with Gasteiger partial charge >= 0.3 is 0 Å². The summed E-state index contributed by atoms with van der Waals surface area (Å²) in [6.07, 6.45) is 1.38. The van der Waals surface area contributed by atoms with E-state index in [-0.39, 0.29) is 11.6 Å². The van der Waals surface area contributed by atoms with E-state index in [1.807, 2.05) is 12.1 Å². The van der Waals surface area contributed by atoms with Gasteiger partial charge in [-0.25, -0.2) is 0 Å². The molecule has 0 bridgehead atoms. The SMILES string of the molecule is N#Cc1cccc(CNC(=O)c2[nH]ncc2N)c1. The van der Waals surface area contributed by atoms with Gasteiger partial charge in [0.05, 0.1) is 23.5 Å². The van der Waals surface area contributed by atoms with Crippen molar-refractivity contribution in [3.63, 3.8) is 0 Å². The first-order valence-electron chi connectivity index (χ1n) is 5.27. The Balaban J connectivity index is 2.02. The van der Waals surface area contributed by atoms with Gasteiger partial charge in [-0.15, -0.1) is 0 Å². The number of carbonyl (C=O) groups is 1. The van der Waals surface area contributed by atoms with E-state index < -0.39 is 0 Å². The number of rotatable bonds is 3. The zero-order chi connectivity index (χ0) is 13.0. The van der Waals surface area contributed by atoms with Crippen molar-refractivity contribution in [1.82, 2.24) is 15.5 Å². The van der Waals surface area contributed by atoms with Crippen LogP contribution in [0.5, 0.6) is 0 Å². The number of anilines is 1. The first kappa shape index (κ1) is 11.7. The smallest absolute Gasteiger partial charge is 0.271 e. The maximum Gasteiger partial charge on any atom is 0.271 e. The normalized spacial score (nSPS) is 9.72. The molecule has 0 saturated heterocycles. The lowest BCUT2D eigenvalue weighted by Crippen LogP contribution is -2.24. The molecule has 0 fully saturated rings. The second-order valence-corrected chi connectivity index (χ2v) is 3.70. The molecule has 0 radical (unpaired) electrons. The van der Waals surface area contributed by atoms with Crippen molar-refractivity contribution in [2.24, 2.45) is 0 Å². The summed E-state index contributed by atoms with van der Waals surface area (Å²) < 4.78 is 0. The summed E-state index contributed by atoms with van der Waals surface area (Å²) in [6, 6.07) is 9.07. The second kappa shape index (κ2) is 5.01. The van der Waals surface area contributed by atoms with E-state index >= 15 is 0 Å². The van der Waals surface area contributed by atoms with Crippen molar-refractivity contribution >= 4 is 11.6 Å². The monoisotopic (exact) mass is 241 g/mol. The lowest BCUT2D eigenvalue weighted by molar-refractivity contribution is 0.0947. The maximum atomic E-state index is 11.7. The number of nitrogen functional groups attached to an aromatic ring is 1. The molecule has 2 rings (SSSR count). The van der Waals surface area contributed by atoms with Crippen LogP contribution in [0.1, 0.15) is 21.6 Å². The number of aromatic amines is 1. The molecule has 4 N–H and O–H groups in total. The van der Waals surface area contributed by atoms with E-state index in [2.05, 4.69) is 15.5 Å². The minimum absolute atomic E-state index is 0.242. The largest absolute Gasteiger partial charge is 0.396 e. The van der Waals surface area contributed by atoms with Crippen molar-refractivity contribution in [2.45, 2.75) is 6.54 Å². The van der Waals surface area contributed by atoms with Gasteiger partial charge < -0.3 is 11.1 Å². The number of amides is 1. The van der Waals surface area contributed by atoms with E-state index in [1.54, 1.807) is 18.2 Å². The molecule has 1 amide bonds. The molecule has 0 aliphatic carbocycles. The van der Waals surface area contributed by atoms with E-state index in [9.17, 15) is 4.79 Å². The van der Waals surface area contributed by atoms with Crippen LogP contribution in [0.4, 0.5) is 5.69 Å². The number of carbonyl (C=O) groups excluding carboxylic acids is 1. The highest BCUT2D eigenvalue weighted by Crippen LogP contribution is 2.07. The fourth-order valence-corrected chi connectivity index (χ4v) is 1.50. The van der Waals surface area contributed by atoms with Gasteiger partial charge in [-0.05, 0) is 17.7 Å². The van der Waals surface area contributed by atoms with Crippen LogP contribution in [0.15, 0.2) is 30.5 Å². The molecule has 0 atom stereocenters. The number of hydrogen-bond donors (Lipinski definition) is 3. The third-order valence-corrected chi connectivity index (χ3v) is 2.40. The van der Waals surface area contributed by atoms with Gasteiger partial charge in [0.15, 0.2) is 0 Å². The third-order valence-electron chi connectivity index (χ3n) is 2.40. The Kier molecular flexibility index (Phi) is 3.25. The molecule has 0 aliphatic rings. The minimum atomic E-state index is -0.327. The molecule has 6 heteroatoms. The number of hydrogen-bond acceptors (Lipinski definition) is 4. The molecule has 0 unspecified atom stereocenters. The fraction of sp³-hybridized carbons (Fsp3) is 0.0833. The van der Waals surface area contributed by atoms with Crippen molar-refractivity contribution in [2.75, 3.05) is 5.73 Å². The number of nitrogens with two attached hydrogens (primary N) is 1. The molecule has 90 valence electrons. The number of H-pyrrole nitrogens is 1. The topological polar surface area (TPSA) is 108 Å². The lowest BCUT2D eigenvalue weighted by Gasteiger charge is -2.04. The van der Waals surface area contributed by atoms with Crippen molar-refractivity contribution in [1.29, 1.82) is 5.26 Å². The number of nitrogens with zero attached hydrogens (tertiary/aromatic N) is 2. The quantitative estimate of drug-likeness (QED) is 0.738. The number of nitrogens with one attached hydrogen (secondary N) is 2. The summed E-state index contributed by atoms with van der Waals surface area (Å²) in [5.74, 6) is -0.327. The summed E-state index contributed by atoms with van der Waals surface area (Å²) in [6.45, 7) is 0.326. The highest BCUT2D eigenvalue weighted by molar-refractivity contribution is 5.96. The number of nitriles is 1. The molecular weight excluding hydrogens is 230 g/mol. The Morgan fingerprint density at radius 3 is 3.06 bits per heavy atom. The van der Waals surface area contributed by atoms with Crippen LogP contribution in [0.3, 0.4) is 0 Å². The van der Waals surface area contributed by atoms with Crippen LogP contribution < -0.4 is 11.1 Å². The van der Waals surface area contributed by atoms with Crippen LogP contribution in [0.2, 0.25) is 0 Å². The number of benzene rings is 1. The van der Waals surface area contributed by atoms with Gasteiger partial charge in [0.25, 0.3) is 5.91 Å². The lowest BCUT2D eigenvalue weighted by atomic mass is 10.1. The van der Waals surface area contributed by atoms with Crippen LogP contribution in [-0.4, -0.2) is 16.1 Å². The first-order valence-corrected chi connectivity index (χ1v) is 5.27. The fourth-order valence-electron chi connectivity index (χ4n) is 1.50. The van der Waals surface area contributed by atoms with E-state index in [0.717, 1.165) is 5.56 Å². The highest BCUT2D eigenvalue weighted by atomic mass is 16.1. The minimum Gasteiger partial charge on any atom is -0.396 e. The third kappa shape index (κ3) is 2.47. The molecule has 1 heterocycles. The Bertz CT molecular complexity index is 611. The zero-order valence-electron chi connectivity index (χ0n) is 9.47. The van der Waals surface area contributed by atoms with Gasteiger partial charge in [0.1, 0.15) is 5.69 Å².